The van der Waals surface area contributed by atoms with Crippen molar-refractivity contribution in [3.8, 4) is 0 Å². The molecule has 0 aromatic heterocycles. The highest BCUT2D eigenvalue weighted by atomic mass is 35.5. The molecule has 0 bridgehead atoms. The predicted octanol–water partition coefficient (Wildman–Crippen LogP) is 1.71. The Balaban J connectivity index is 0.00000156. The van der Waals surface area contributed by atoms with Crippen LogP contribution in [0.2, 0.25) is 0 Å². The Labute approximate surface area is 162 Å². The highest BCUT2D eigenvalue weighted by molar-refractivity contribution is 5.85. The summed E-state index contributed by atoms with van der Waals surface area (Å²) in [6, 6.07) is 8.33. The number of aliphatic hydroxyl groups is 1. The summed E-state index contributed by atoms with van der Waals surface area (Å²) in [5.41, 5.74) is 2.46. The molecular weight excluding hydrogens is 361 g/mol. The summed E-state index contributed by atoms with van der Waals surface area (Å²) in [7, 11) is 0. The number of carbonyl (C=O) groups is 1. The third kappa shape index (κ3) is 6.42. The van der Waals surface area contributed by atoms with Crippen LogP contribution < -0.4 is 10.6 Å². The van der Waals surface area contributed by atoms with Gasteiger partial charge in [-0.15, -0.1) is 24.8 Å². The fourth-order valence-corrected chi connectivity index (χ4v) is 3.41. The van der Waals surface area contributed by atoms with Gasteiger partial charge in [-0.2, -0.15) is 0 Å². The zero-order chi connectivity index (χ0) is 16.1. The van der Waals surface area contributed by atoms with Gasteiger partial charge in [0.2, 0.25) is 5.91 Å². The van der Waals surface area contributed by atoms with Gasteiger partial charge < -0.3 is 15.7 Å². The smallest absolute Gasteiger partial charge is 0.224 e. The molecule has 1 atom stereocenters. The van der Waals surface area contributed by atoms with Crippen LogP contribution in [0.3, 0.4) is 0 Å². The third-order valence-corrected chi connectivity index (χ3v) is 4.95. The number of nitrogens with one attached hydrogen (secondary N) is 2. The summed E-state index contributed by atoms with van der Waals surface area (Å²) in [5.74, 6) is 0.275. The zero-order valence-electron chi connectivity index (χ0n) is 14.4. The molecule has 2 fully saturated rings. The largest absolute Gasteiger partial charge is 0.393 e. The van der Waals surface area contributed by atoms with Crippen LogP contribution in [0.4, 0.5) is 0 Å². The van der Waals surface area contributed by atoms with Crippen LogP contribution in [0.5, 0.6) is 0 Å². The lowest BCUT2D eigenvalue weighted by Crippen LogP contribution is -2.36. The topological polar surface area (TPSA) is 64.6 Å². The minimum atomic E-state index is -0.138. The number of hydrogen-bond donors (Lipinski definition) is 3. The fourth-order valence-electron chi connectivity index (χ4n) is 3.41. The SMILES string of the molecule is Cl.Cl.O=C(NCc1ccccc1CN1CCC(O)CC1)C1CCNC1. The number of halogens is 2. The highest BCUT2D eigenvalue weighted by Crippen LogP contribution is 2.17. The Morgan fingerprint density at radius 2 is 1.84 bits per heavy atom. The van der Waals surface area contributed by atoms with Gasteiger partial charge in [0.15, 0.2) is 0 Å². The Hall–Kier alpha value is -0.850. The fraction of sp³-hybridized carbons (Fsp3) is 0.611. The second-order valence-corrected chi connectivity index (χ2v) is 6.68. The van der Waals surface area contributed by atoms with Crippen molar-refractivity contribution < 1.29 is 9.90 Å². The van der Waals surface area contributed by atoms with Gasteiger partial charge in [-0.05, 0) is 36.9 Å². The molecule has 3 N–H and O–H groups in total. The van der Waals surface area contributed by atoms with E-state index >= 15 is 0 Å². The first-order valence-electron chi connectivity index (χ1n) is 8.68. The van der Waals surface area contributed by atoms with Crippen molar-refractivity contribution in [2.45, 2.75) is 38.5 Å². The molecule has 1 unspecified atom stereocenters. The normalized spacial score (nSPS) is 21.2. The van der Waals surface area contributed by atoms with Crippen LogP contribution >= 0.6 is 24.8 Å². The highest BCUT2D eigenvalue weighted by Gasteiger charge is 2.22. The first kappa shape index (κ1) is 22.2. The van der Waals surface area contributed by atoms with E-state index < -0.39 is 0 Å². The lowest BCUT2D eigenvalue weighted by molar-refractivity contribution is -0.124. The molecule has 0 spiro atoms. The number of amides is 1. The number of hydrogen-bond acceptors (Lipinski definition) is 4. The summed E-state index contributed by atoms with van der Waals surface area (Å²) >= 11 is 0. The van der Waals surface area contributed by atoms with Gasteiger partial charge in [0, 0.05) is 32.7 Å². The molecule has 1 aromatic carbocycles. The Morgan fingerprint density at radius 3 is 2.48 bits per heavy atom. The first-order chi connectivity index (χ1) is 11.2. The molecule has 25 heavy (non-hydrogen) atoms. The second kappa shape index (κ2) is 11.0. The van der Waals surface area contributed by atoms with Crippen molar-refractivity contribution in [2.75, 3.05) is 26.2 Å². The van der Waals surface area contributed by atoms with Gasteiger partial charge in [-0.1, -0.05) is 24.3 Å². The molecule has 2 saturated heterocycles. The minimum absolute atomic E-state index is 0. The Morgan fingerprint density at radius 1 is 1.16 bits per heavy atom. The van der Waals surface area contributed by atoms with Crippen LogP contribution in [0.1, 0.15) is 30.4 Å². The summed E-state index contributed by atoms with van der Waals surface area (Å²) in [5, 5.41) is 15.9. The van der Waals surface area contributed by atoms with Crippen molar-refractivity contribution >= 4 is 30.7 Å². The molecule has 7 heteroatoms. The van der Waals surface area contributed by atoms with E-state index in [1.165, 1.54) is 11.1 Å². The molecule has 2 aliphatic rings. The number of nitrogens with zero attached hydrogens (tertiary/aromatic N) is 1. The maximum atomic E-state index is 12.2. The predicted molar refractivity (Wildman–Crippen MR) is 104 cm³/mol. The van der Waals surface area contributed by atoms with Gasteiger partial charge in [-0.25, -0.2) is 0 Å². The van der Waals surface area contributed by atoms with E-state index in [-0.39, 0.29) is 42.7 Å². The molecule has 0 saturated carbocycles. The van der Waals surface area contributed by atoms with Crippen LogP contribution in [0.15, 0.2) is 24.3 Å². The van der Waals surface area contributed by atoms with Gasteiger partial charge in [-0.3, -0.25) is 9.69 Å². The number of carbonyl (C=O) groups excluding carboxylic acids is 1. The summed E-state index contributed by atoms with van der Waals surface area (Å²) in [4.78, 5) is 14.5. The number of likely N-dealkylation sites (tertiary alicyclic amines) is 1. The van der Waals surface area contributed by atoms with E-state index in [0.717, 1.165) is 52.0 Å². The van der Waals surface area contributed by atoms with Crippen LogP contribution in [0.25, 0.3) is 0 Å². The zero-order valence-corrected chi connectivity index (χ0v) is 16.1. The average Bonchev–Trinajstić information content (AvgIpc) is 3.10. The lowest BCUT2D eigenvalue weighted by atomic mass is 10.0. The van der Waals surface area contributed by atoms with Crippen LogP contribution in [0, 0.1) is 5.92 Å². The van der Waals surface area contributed by atoms with Crippen molar-refractivity contribution in [1.82, 2.24) is 15.5 Å². The second-order valence-electron chi connectivity index (χ2n) is 6.68. The summed E-state index contributed by atoms with van der Waals surface area (Å²) < 4.78 is 0. The molecule has 1 aromatic rings. The molecule has 3 rings (SSSR count). The third-order valence-electron chi connectivity index (χ3n) is 4.95. The lowest BCUT2D eigenvalue weighted by Gasteiger charge is -2.30. The van der Waals surface area contributed by atoms with Crippen molar-refractivity contribution in [3.63, 3.8) is 0 Å². The summed E-state index contributed by atoms with van der Waals surface area (Å²) in [6.45, 7) is 5.11. The van der Waals surface area contributed by atoms with E-state index in [4.69, 9.17) is 0 Å². The monoisotopic (exact) mass is 389 g/mol. The minimum Gasteiger partial charge on any atom is -0.393 e. The van der Waals surface area contributed by atoms with E-state index in [9.17, 15) is 9.90 Å². The average molecular weight is 390 g/mol. The molecule has 0 aliphatic carbocycles. The van der Waals surface area contributed by atoms with Crippen molar-refractivity contribution in [3.05, 3.63) is 35.4 Å². The van der Waals surface area contributed by atoms with E-state index in [0.29, 0.717) is 6.54 Å². The standard InChI is InChI=1S/C18H27N3O2.2ClH/c22-17-6-9-21(10-7-17)13-16-4-2-1-3-14(16)12-20-18(23)15-5-8-19-11-15;;/h1-4,15,17,19,22H,5-13H2,(H,20,23);2*1H. The van der Waals surface area contributed by atoms with Crippen molar-refractivity contribution in [2.24, 2.45) is 5.92 Å². The van der Waals surface area contributed by atoms with Gasteiger partial charge in [0.1, 0.15) is 0 Å². The molecular formula is C18H29Cl2N3O2. The van der Waals surface area contributed by atoms with Crippen LogP contribution in [-0.4, -0.2) is 48.2 Å². The first-order valence-corrected chi connectivity index (χ1v) is 8.68. The quantitative estimate of drug-likeness (QED) is 0.717. The maximum absolute atomic E-state index is 12.2. The molecule has 142 valence electrons. The molecule has 1 amide bonds. The number of rotatable bonds is 5. The maximum Gasteiger partial charge on any atom is 0.224 e. The van der Waals surface area contributed by atoms with Gasteiger partial charge in [0.25, 0.3) is 0 Å². The molecule has 0 radical (unpaired) electrons. The van der Waals surface area contributed by atoms with Crippen molar-refractivity contribution in [1.29, 1.82) is 0 Å². The molecule has 2 aliphatic heterocycles. The molecule has 5 nitrogen and oxygen atoms in total. The van der Waals surface area contributed by atoms with E-state index in [1.807, 2.05) is 6.07 Å². The van der Waals surface area contributed by atoms with Gasteiger partial charge in [0.05, 0.1) is 12.0 Å². The number of aliphatic hydroxyl groups excluding tert-OH is 1. The number of benzene rings is 1. The van der Waals surface area contributed by atoms with E-state index in [2.05, 4.69) is 33.7 Å². The summed E-state index contributed by atoms with van der Waals surface area (Å²) in [6.07, 6.45) is 2.51. The Kier molecular flexibility index (Phi) is 9.75. The van der Waals surface area contributed by atoms with E-state index in [1.54, 1.807) is 0 Å². The Bertz CT molecular complexity index is 531. The van der Waals surface area contributed by atoms with Crippen LogP contribution in [-0.2, 0) is 17.9 Å². The number of piperidine rings is 1. The molecule has 2 heterocycles. The van der Waals surface area contributed by atoms with Gasteiger partial charge >= 0.3 is 0 Å².